The smallest absolute Gasteiger partial charge is 0.422 e. The lowest BCUT2D eigenvalue weighted by Gasteiger charge is -2.27. The van der Waals surface area contributed by atoms with Crippen molar-refractivity contribution in [1.82, 2.24) is 10.1 Å². The molecule has 1 unspecified atom stereocenters. The number of nitrogens with zero attached hydrogens (tertiary/aromatic N) is 3. The first-order valence-corrected chi connectivity index (χ1v) is 9.14. The van der Waals surface area contributed by atoms with Crippen molar-refractivity contribution in [1.29, 1.82) is 0 Å². The van der Waals surface area contributed by atoms with Crippen LogP contribution in [0.1, 0.15) is 22.1 Å². The predicted octanol–water partition coefficient (Wildman–Crippen LogP) is 1.96. The van der Waals surface area contributed by atoms with Crippen molar-refractivity contribution < 1.29 is 32.2 Å². The van der Waals surface area contributed by atoms with Crippen molar-refractivity contribution >= 4 is 11.9 Å². The summed E-state index contributed by atoms with van der Waals surface area (Å²) in [7, 11) is 0. The molecule has 12 heteroatoms. The predicted molar refractivity (Wildman–Crippen MR) is 102 cm³/mol. The molecule has 0 spiro atoms. The van der Waals surface area contributed by atoms with Crippen LogP contribution in [-0.4, -0.2) is 48.0 Å². The molecule has 0 saturated heterocycles. The number of alkyl halides is 3. The van der Waals surface area contributed by atoms with Crippen LogP contribution in [0, 0.1) is 0 Å². The summed E-state index contributed by atoms with van der Waals surface area (Å²) in [6.07, 6.45) is -5.32. The molecule has 2 aromatic rings. The molecule has 0 aliphatic carbocycles. The number of aliphatic imine (C=N–C) groups is 1. The number of guanidine groups is 1. The minimum Gasteiger partial charge on any atom is -0.486 e. The molecule has 1 amide bonds. The summed E-state index contributed by atoms with van der Waals surface area (Å²) in [5.41, 5.74) is 6.55. The Labute approximate surface area is 174 Å². The Balaban J connectivity index is 1.53. The standard InChI is InChI=1S/C19H18F3N5O4/c20-19(21,22)10-31-13-3-1-2-12(8-13)17(28)26-18(23)25-16(27(26)24)11-4-5-14-15(9-11)30-7-6-29-14/h1-5,8-9,16H,6-7,10,24H2,(H2,23,25). The van der Waals surface area contributed by atoms with Gasteiger partial charge in [-0.2, -0.15) is 18.2 Å². The number of benzene rings is 2. The molecule has 31 heavy (non-hydrogen) atoms. The van der Waals surface area contributed by atoms with E-state index in [4.69, 9.17) is 25.8 Å². The van der Waals surface area contributed by atoms with Gasteiger partial charge in [-0.05, 0) is 35.9 Å². The van der Waals surface area contributed by atoms with E-state index in [0.717, 1.165) is 10.1 Å². The maximum absolute atomic E-state index is 13.0. The van der Waals surface area contributed by atoms with Gasteiger partial charge in [0.2, 0.25) is 5.96 Å². The van der Waals surface area contributed by atoms with Gasteiger partial charge in [-0.25, -0.2) is 10.8 Å². The molecule has 1 atom stereocenters. The summed E-state index contributed by atoms with van der Waals surface area (Å²) in [5, 5.41) is 1.97. The number of nitrogens with two attached hydrogens (primary N) is 2. The summed E-state index contributed by atoms with van der Waals surface area (Å²) in [6.45, 7) is -0.638. The average molecular weight is 437 g/mol. The van der Waals surface area contributed by atoms with Crippen LogP contribution >= 0.6 is 0 Å². The lowest BCUT2D eigenvalue weighted by atomic mass is 10.1. The van der Waals surface area contributed by atoms with E-state index in [0.29, 0.717) is 30.3 Å². The third kappa shape index (κ3) is 4.34. The zero-order chi connectivity index (χ0) is 22.2. The number of fused-ring (bicyclic) bond motifs is 1. The highest BCUT2D eigenvalue weighted by atomic mass is 19.4. The highest BCUT2D eigenvalue weighted by Crippen LogP contribution is 2.36. The molecule has 2 aliphatic rings. The normalized spacial score (nSPS) is 18.6. The van der Waals surface area contributed by atoms with E-state index < -0.39 is 24.9 Å². The fourth-order valence-corrected chi connectivity index (χ4v) is 3.13. The first-order valence-electron chi connectivity index (χ1n) is 9.14. The van der Waals surface area contributed by atoms with Gasteiger partial charge in [0.25, 0.3) is 5.91 Å². The highest BCUT2D eigenvalue weighted by molar-refractivity contribution is 6.05. The first-order chi connectivity index (χ1) is 14.7. The monoisotopic (exact) mass is 437 g/mol. The largest absolute Gasteiger partial charge is 0.486 e. The Morgan fingerprint density at radius 3 is 2.65 bits per heavy atom. The quantitative estimate of drug-likeness (QED) is 0.703. The number of rotatable bonds is 4. The minimum atomic E-state index is -4.50. The number of carbonyl (C=O) groups excluding carboxylic acids is 1. The minimum absolute atomic E-state index is 0.0242. The second-order valence-electron chi connectivity index (χ2n) is 6.69. The van der Waals surface area contributed by atoms with Gasteiger partial charge in [-0.15, -0.1) is 5.12 Å². The van der Waals surface area contributed by atoms with Crippen LogP contribution in [0.4, 0.5) is 13.2 Å². The fourth-order valence-electron chi connectivity index (χ4n) is 3.13. The summed E-state index contributed by atoms with van der Waals surface area (Å²) < 4.78 is 52.9. The molecule has 164 valence electrons. The van der Waals surface area contributed by atoms with Crippen LogP contribution in [0.15, 0.2) is 47.5 Å². The molecular weight excluding hydrogens is 419 g/mol. The van der Waals surface area contributed by atoms with E-state index in [1.165, 1.54) is 24.3 Å². The average Bonchev–Trinajstić information content (AvgIpc) is 3.05. The van der Waals surface area contributed by atoms with E-state index in [2.05, 4.69) is 4.99 Å². The van der Waals surface area contributed by atoms with E-state index in [1.54, 1.807) is 18.2 Å². The lowest BCUT2D eigenvalue weighted by Crippen LogP contribution is -2.52. The number of halogens is 3. The Morgan fingerprint density at radius 1 is 1.16 bits per heavy atom. The van der Waals surface area contributed by atoms with E-state index in [1.807, 2.05) is 0 Å². The van der Waals surface area contributed by atoms with E-state index in [9.17, 15) is 18.0 Å². The molecule has 2 heterocycles. The molecule has 0 saturated carbocycles. The lowest BCUT2D eigenvalue weighted by molar-refractivity contribution is -0.153. The maximum Gasteiger partial charge on any atom is 0.422 e. The van der Waals surface area contributed by atoms with Crippen LogP contribution in [0.25, 0.3) is 0 Å². The molecule has 0 radical (unpaired) electrons. The highest BCUT2D eigenvalue weighted by Gasteiger charge is 2.37. The van der Waals surface area contributed by atoms with Crippen LogP contribution in [-0.2, 0) is 0 Å². The summed E-state index contributed by atoms with van der Waals surface area (Å²) >= 11 is 0. The van der Waals surface area contributed by atoms with Gasteiger partial charge < -0.3 is 19.9 Å². The van der Waals surface area contributed by atoms with Crippen molar-refractivity contribution in [2.45, 2.75) is 12.3 Å². The summed E-state index contributed by atoms with van der Waals surface area (Å²) in [5.74, 6) is 6.23. The second kappa shape index (κ2) is 7.96. The van der Waals surface area contributed by atoms with Gasteiger partial charge >= 0.3 is 6.18 Å². The fraction of sp³-hybridized carbons (Fsp3) is 0.263. The van der Waals surface area contributed by atoms with Gasteiger partial charge in [-0.1, -0.05) is 12.1 Å². The Hall–Kier alpha value is -3.51. The molecule has 0 bridgehead atoms. The van der Waals surface area contributed by atoms with Crippen molar-refractivity contribution in [3.8, 4) is 17.2 Å². The number of ether oxygens (including phenoxy) is 3. The number of hydrogen-bond acceptors (Lipinski definition) is 8. The maximum atomic E-state index is 13.0. The zero-order valence-corrected chi connectivity index (χ0v) is 16.0. The molecule has 4 N–H and O–H groups in total. The Bertz CT molecular complexity index is 1030. The molecule has 2 aromatic carbocycles. The second-order valence-corrected chi connectivity index (χ2v) is 6.69. The third-order valence-electron chi connectivity index (χ3n) is 4.49. The van der Waals surface area contributed by atoms with Crippen molar-refractivity contribution in [3.63, 3.8) is 0 Å². The SMILES string of the molecule is NC1=NC(c2ccc3c(c2)OCCO3)N(N)N1C(=O)c1cccc(OCC(F)(F)F)c1. The van der Waals surface area contributed by atoms with Crippen LogP contribution < -0.4 is 25.8 Å². The zero-order valence-electron chi connectivity index (χ0n) is 16.0. The van der Waals surface area contributed by atoms with Crippen molar-refractivity contribution in [2.75, 3.05) is 19.8 Å². The van der Waals surface area contributed by atoms with E-state index in [-0.39, 0.29) is 17.3 Å². The molecule has 0 fully saturated rings. The van der Waals surface area contributed by atoms with Crippen molar-refractivity contribution in [3.05, 3.63) is 53.6 Å². The number of hydrazine groups is 2. The molecular formula is C19H18F3N5O4. The molecule has 2 aliphatic heterocycles. The molecule has 0 aromatic heterocycles. The third-order valence-corrected chi connectivity index (χ3v) is 4.49. The molecule has 4 rings (SSSR count). The summed E-state index contributed by atoms with van der Waals surface area (Å²) in [4.78, 5) is 17.2. The topological polar surface area (TPSA) is 116 Å². The van der Waals surface area contributed by atoms with Crippen molar-refractivity contribution in [2.24, 2.45) is 16.6 Å². The Morgan fingerprint density at radius 2 is 1.90 bits per heavy atom. The van der Waals surface area contributed by atoms with Crippen LogP contribution in [0.2, 0.25) is 0 Å². The van der Waals surface area contributed by atoms with Gasteiger partial charge in [-0.3, -0.25) is 4.79 Å². The van der Waals surface area contributed by atoms with Gasteiger partial charge in [0.05, 0.1) is 0 Å². The van der Waals surface area contributed by atoms with Gasteiger partial charge in [0, 0.05) is 5.56 Å². The first kappa shape index (κ1) is 20.8. The summed E-state index contributed by atoms with van der Waals surface area (Å²) in [6, 6.07) is 10.4. The van der Waals surface area contributed by atoms with Gasteiger partial charge in [0.15, 0.2) is 24.3 Å². The van der Waals surface area contributed by atoms with E-state index >= 15 is 0 Å². The molecule has 9 nitrogen and oxygen atoms in total. The Kier molecular flexibility index (Phi) is 5.33. The number of carbonyl (C=O) groups is 1. The van der Waals surface area contributed by atoms with Crippen LogP contribution in [0.5, 0.6) is 17.2 Å². The van der Waals surface area contributed by atoms with Gasteiger partial charge in [0.1, 0.15) is 19.0 Å². The number of amides is 1. The number of hydrogen-bond donors (Lipinski definition) is 2. The van der Waals surface area contributed by atoms with Crippen LogP contribution in [0.3, 0.4) is 0 Å².